The van der Waals surface area contributed by atoms with Crippen LogP contribution in [0.2, 0.25) is 0 Å². The molecule has 0 amide bonds. The lowest BCUT2D eigenvalue weighted by Crippen LogP contribution is -2.38. The summed E-state index contributed by atoms with van der Waals surface area (Å²) in [5.74, 6) is 2.57. The Morgan fingerprint density at radius 1 is 1.36 bits per heavy atom. The zero-order valence-electron chi connectivity index (χ0n) is 15.7. The van der Waals surface area contributed by atoms with Gasteiger partial charge < -0.3 is 15.2 Å². The highest BCUT2D eigenvalue weighted by Crippen LogP contribution is 2.14. The van der Waals surface area contributed by atoms with E-state index in [4.69, 9.17) is 4.99 Å². The van der Waals surface area contributed by atoms with Gasteiger partial charge in [0.1, 0.15) is 5.82 Å². The fourth-order valence-electron chi connectivity index (χ4n) is 2.68. The van der Waals surface area contributed by atoms with Gasteiger partial charge in [-0.1, -0.05) is 13.0 Å². The average Bonchev–Trinajstić information content (AvgIpc) is 3.24. The standard InChI is InChI=1S/C19H31N5S/c1-4-20-19(23-15-16(2)14-18-8-7-13-25-18)22-9-5-6-11-24-12-10-21-17(24)3/h7-8,10,12-13,16H,4-6,9,11,14-15H2,1-3H3,(H2,20,22,23). The fraction of sp³-hybridized carbons (Fsp3) is 0.579. The van der Waals surface area contributed by atoms with Gasteiger partial charge in [0.25, 0.3) is 0 Å². The molecular weight excluding hydrogens is 330 g/mol. The molecule has 2 aromatic rings. The second kappa shape index (κ2) is 10.9. The van der Waals surface area contributed by atoms with Crippen LogP contribution in [-0.2, 0) is 13.0 Å². The fourth-order valence-corrected chi connectivity index (χ4v) is 3.55. The molecule has 2 rings (SSSR count). The molecule has 0 bridgehead atoms. The third kappa shape index (κ3) is 7.30. The van der Waals surface area contributed by atoms with Crippen molar-refractivity contribution in [2.24, 2.45) is 10.9 Å². The van der Waals surface area contributed by atoms with Crippen molar-refractivity contribution in [3.8, 4) is 0 Å². The molecule has 2 heterocycles. The van der Waals surface area contributed by atoms with Gasteiger partial charge in [-0.15, -0.1) is 11.3 Å². The van der Waals surface area contributed by atoms with Gasteiger partial charge in [-0.25, -0.2) is 4.98 Å². The van der Waals surface area contributed by atoms with Crippen LogP contribution in [-0.4, -0.2) is 35.1 Å². The number of nitrogens with one attached hydrogen (secondary N) is 2. The van der Waals surface area contributed by atoms with E-state index in [1.54, 1.807) is 0 Å². The second-order valence-corrected chi connectivity index (χ2v) is 7.44. The summed E-state index contributed by atoms with van der Waals surface area (Å²) in [4.78, 5) is 10.4. The molecular formula is C19H31N5S. The molecule has 0 aliphatic rings. The maximum atomic E-state index is 4.74. The minimum Gasteiger partial charge on any atom is -0.357 e. The molecule has 0 saturated heterocycles. The minimum atomic E-state index is 0.554. The summed E-state index contributed by atoms with van der Waals surface area (Å²) in [6.45, 7) is 10.1. The maximum Gasteiger partial charge on any atom is 0.191 e. The van der Waals surface area contributed by atoms with Gasteiger partial charge in [-0.2, -0.15) is 0 Å². The van der Waals surface area contributed by atoms with Crippen LogP contribution in [0.25, 0.3) is 0 Å². The summed E-state index contributed by atoms with van der Waals surface area (Å²) in [5, 5.41) is 8.92. The molecule has 0 fully saturated rings. The molecule has 0 aromatic carbocycles. The Morgan fingerprint density at radius 3 is 2.92 bits per heavy atom. The first-order chi connectivity index (χ1) is 12.2. The Kier molecular flexibility index (Phi) is 8.52. The third-order valence-corrected chi connectivity index (χ3v) is 4.98. The Morgan fingerprint density at radius 2 is 2.24 bits per heavy atom. The van der Waals surface area contributed by atoms with Crippen molar-refractivity contribution in [3.63, 3.8) is 0 Å². The molecule has 0 aliphatic heterocycles. The van der Waals surface area contributed by atoms with Crippen LogP contribution in [0.4, 0.5) is 0 Å². The number of aromatic nitrogens is 2. The summed E-state index contributed by atoms with van der Waals surface area (Å²) < 4.78 is 2.20. The Bertz CT molecular complexity index is 618. The number of hydrogen-bond donors (Lipinski definition) is 2. The van der Waals surface area contributed by atoms with E-state index in [1.165, 1.54) is 4.88 Å². The molecule has 0 saturated carbocycles. The number of thiophene rings is 1. The highest BCUT2D eigenvalue weighted by atomic mass is 32.1. The summed E-state index contributed by atoms with van der Waals surface area (Å²) in [6.07, 6.45) is 7.26. The van der Waals surface area contributed by atoms with Gasteiger partial charge in [0.05, 0.1) is 0 Å². The lowest BCUT2D eigenvalue weighted by atomic mass is 10.1. The van der Waals surface area contributed by atoms with E-state index in [1.807, 2.05) is 30.7 Å². The van der Waals surface area contributed by atoms with Crippen LogP contribution in [0.1, 0.15) is 37.4 Å². The summed E-state index contributed by atoms with van der Waals surface area (Å²) >= 11 is 1.83. The van der Waals surface area contributed by atoms with Gasteiger partial charge in [-0.05, 0) is 50.5 Å². The van der Waals surface area contributed by atoms with E-state index < -0.39 is 0 Å². The Hall–Kier alpha value is -1.82. The lowest BCUT2D eigenvalue weighted by Gasteiger charge is -2.13. The zero-order chi connectivity index (χ0) is 17.9. The van der Waals surface area contributed by atoms with Crippen LogP contribution in [0, 0.1) is 12.8 Å². The number of imidazole rings is 1. The van der Waals surface area contributed by atoms with Crippen molar-refractivity contribution >= 4 is 17.3 Å². The number of guanidine groups is 1. The number of aliphatic imine (C=N–C) groups is 1. The first-order valence-electron chi connectivity index (χ1n) is 9.21. The van der Waals surface area contributed by atoms with E-state index in [2.05, 4.69) is 51.5 Å². The van der Waals surface area contributed by atoms with Gasteiger partial charge >= 0.3 is 0 Å². The van der Waals surface area contributed by atoms with Gasteiger partial charge in [0, 0.05) is 43.4 Å². The summed E-state index contributed by atoms with van der Waals surface area (Å²) in [5.41, 5.74) is 0. The lowest BCUT2D eigenvalue weighted by molar-refractivity contribution is 0.581. The highest BCUT2D eigenvalue weighted by Gasteiger charge is 2.05. The maximum absolute atomic E-state index is 4.74. The van der Waals surface area contributed by atoms with Crippen molar-refractivity contribution in [3.05, 3.63) is 40.6 Å². The number of unbranched alkanes of at least 4 members (excludes halogenated alkanes) is 1. The first kappa shape index (κ1) is 19.5. The molecule has 0 radical (unpaired) electrons. The number of aryl methyl sites for hydroxylation is 2. The first-order valence-corrected chi connectivity index (χ1v) is 10.1. The molecule has 0 spiro atoms. The predicted octanol–water partition coefficient (Wildman–Crippen LogP) is 3.47. The van der Waals surface area contributed by atoms with Crippen LogP contribution < -0.4 is 10.6 Å². The quantitative estimate of drug-likeness (QED) is 0.387. The van der Waals surface area contributed by atoms with Gasteiger partial charge in [0.2, 0.25) is 0 Å². The van der Waals surface area contributed by atoms with Crippen LogP contribution in [0.15, 0.2) is 34.9 Å². The van der Waals surface area contributed by atoms with Crippen LogP contribution in [0.5, 0.6) is 0 Å². The molecule has 2 aromatic heterocycles. The van der Waals surface area contributed by atoms with E-state index in [0.29, 0.717) is 5.92 Å². The van der Waals surface area contributed by atoms with Crippen molar-refractivity contribution < 1.29 is 0 Å². The molecule has 5 nitrogen and oxygen atoms in total. The molecule has 1 unspecified atom stereocenters. The zero-order valence-corrected chi connectivity index (χ0v) is 16.5. The molecule has 2 N–H and O–H groups in total. The van der Waals surface area contributed by atoms with Crippen molar-refractivity contribution in [1.29, 1.82) is 0 Å². The van der Waals surface area contributed by atoms with Gasteiger partial charge in [0.15, 0.2) is 5.96 Å². The molecule has 1 atom stereocenters. The van der Waals surface area contributed by atoms with Crippen molar-refractivity contribution in [2.45, 2.75) is 46.6 Å². The number of hydrogen-bond acceptors (Lipinski definition) is 3. The number of nitrogens with zero attached hydrogens (tertiary/aromatic N) is 3. The molecule has 25 heavy (non-hydrogen) atoms. The molecule has 6 heteroatoms. The van der Waals surface area contributed by atoms with E-state index in [0.717, 1.165) is 57.2 Å². The third-order valence-electron chi connectivity index (χ3n) is 4.08. The van der Waals surface area contributed by atoms with E-state index in [-0.39, 0.29) is 0 Å². The predicted molar refractivity (Wildman–Crippen MR) is 107 cm³/mol. The topological polar surface area (TPSA) is 54.2 Å². The summed E-state index contributed by atoms with van der Waals surface area (Å²) in [6, 6.07) is 4.32. The molecule has 138 valence electrons. The SMILES string of the molecule is CCNC(=NCC(C)Cc1cccs1)NCCCCn1ccnc1C. The summed E-state index contributed by atoms with van der Waals surface area (Å²) in [7, 11) is 0. The van der Waals surface area contributed by atoms with E-state index in [9.17, 15) is 0 Å². The van der Waals surface area contributed by atoms with Crippen molar-refractivity contribution in [1.82, 2.24) is 20.2 Å². The van der Waals surface area contributed by atoms with Crippen LogP contribution >= 0.6 is 11.3 Å². The van der Waals surface area contributed by atoms with Crippen molar-refractivity contribution in [2.75, 3.05) is 19.6 Å². The Labute approximate surface area is 155 Å². The second-order valence-electron chi connectivity index (χ2n) is 6.41. The minimum absolute atomic E-state index is 0.554. The highest BCUT2D eigenvalue weighted by molar-refractivity contribution is 7.09. The average molecular weight is 362 g/mol. The smallest absolute Gasteiger partial charge is 0.191 e. The Balaban J connectivity index is 1.67. The normalized spacial score (nSPS) is 13.0. The van der Waals surface area contributed by atoms with Crippen LogP contribution in [0.3, 0.4) is 0 Å². The van der Waals surface area contributed by atoms with Gasteiger partial charge in [-0.3, -0.25) is 4.99 Å². The van der Waals surface area contributed by atoms with E-state index >= 15 is 0 Å². The largest absolute Gasteiger partial charge is 0.357 e. The molecule has 0 aliphatic carbocycles. The number of rotatable bonds is 10. The monoisotopic (exact) mass is 361 g/mol.